The minimum Gasteiger partial charge on any atom is -0.383 e. The topological polar surface area (TPSA) is 58.6 Å². The van der Waals surface area contributed by atoms with Crippen LogP contribution in [0.5, 0.6) is 0 Å². The van der Waals surface area contributed by atoms with Crippen LogP contribution in [0.1, 0.15) is 32.6 Å². The first-order chi connectivity index (χ1) is 8.69. The van der Waals surface area contributed by atoms with Crippen LogP contribution in [0, 0.1) is 5.92 Å². The van der Waals surface area contributed by atoms with Crippen molar-refractivity contribution in [3.63, 3.8) is 0 Å². The van der Waals surface area contributed by atoms with E-state index in [4.69, 9.17) is 4.74 Å². The highest BCUT2D eigenvalue weighted by Crippen LogP contribution is 2.17. The Morgan fingerprint density at radius 1 is 1.50 bits per heavy atom. The molecule has 1 rings (SSSR count). The summed E-state index contributed by atoms with van der Waals surface area (Å²) in [6.45, 7) is 4.48. The number of amides is 2. The summed E-state index contributed by atoms with van der Waals surface area (Å²) in [6, 6.07) is 0. The van der Waals surface area contributed by atoms with Crippen molar-refractivity contribution in [3.05, 3.63) is 0 Å². The molecule has 5 nitrogen and oxygen atoms in total. The average molecular weight is 256 g/mol. The summed E-state index contributed by atoms with van der Waals surface area (Å²) in [7, 11) is 1.61. The average Bonchev–Trinajstić information content (AvgIpc) is 2.73. The molecule has 1 unspecified atom stereocenters. The fourth-order valence-electron chi connectivity index (χ4n) is 2.10. The smallest absolute Gasteiger partial charge is 0.225 e. The first kappa shape index (κ1) is 15.0. The summed E-state index contributed by atoms with van der Waals surface area (Å²) in [6.07, 6.45) is 3.62. The third kappa shape index (κ3) is 4.64. The van der Waals surface area contributed by atoms with Crippen LogP contribution in [-0.2, 0) is 14.3 Å². The van der Waals surface area contributed by atoms with Gasteiger partial charge >= 0.3 is 0 Å². The zero-order valence-electron chi connectivity index (χ0n) is 11.4. The van der Waals surface area contributed by atoms with Gasteiger partial charge in [-0.05, 0) is 6.42 Å². The number of unbranched alkanes of at least 4 members (excludes halogenated alkanes) is 2. The maximum Gasteiger partial charge on any atom is 0.225 e. The van der Waals surface area contributed by atoms with Gasteiger partial charge < -0.3 is 15.0 Å². The number of ether oxygens (including phenoxy) is 1. The van der Waals surface area contributed by atoms with E-state index in [1.807, 2.05) is 0 Å². The molecule has 1 atom stereocenters. The normalized spacial score (nSPS) is 19.3. The zero-order valence-corrected chi connectivity index (χ0v) is 11.4. The van der Waals surface area contributed by atoms with Crippen molar-refractivity contribution < 1.29 is 14.3 Å². The van der Waals surface area contributed by atoms with E-state index in [0.29, 0.717) is 26.1 Å². The van der Waals surface area contributed by atoms with Crippen molar-refractivity contribution in [1.82, 2.24) is 10.2 Å². The molecule has 1 saturated heterocycles. The van der Waals surface area contributed by atoms with Gasteiger partial charge in [-0.1, -0.05) is 19.8 Å². The van der Waals surface area contributed by atoms with Gasteiger partial charge in [-0.2, -0.15) is 0 Å². The number of carbonyl (C=O) groups excluding carboxylic acids is 2. The largest absolute Gasteiger partial charge is 0.383 e. The Morgan fingerprint density at radius 2 is 2.28 bits per heavy atom. The number of hydrogen-bond donors (Lipinski definition) is 1. The minimum atomic E-state index is -0.184. The summed E-state index contributed by atoms with van der Waals surface area (Å²) in [5, 5.41) is 2.91. The Kier molecular flexibility index (Phi) is 6.72. The van der Waals surface area contributed by atoms with Crippen LogP contribution in [-0.4, -0.2) is 50.1 Å². The molecule has 0 bridgehead atoms. The summed E-state index contributed by atoms with van der Waals surface area (Å²) in [4.78, 5) is 25.2. The highest BCUT2D eigenvalue weighted by molar-refractivity contribution is 5.89. The third-order valence-corrected chi connectivity index (χ3v) is 3.23. The molecule has 1 heterocycles. The second kappa shape index (κ2) is 8.08. The van der Waals surface area contributed by atoms with Gasteiger partial charge in [0.2, 0.25) is 11.8 Å². The van der Waals surface area contributed by atoms with E-state index >= 15 is 0 Å². The molecule has 0 saturated carbocycles. The molecule has 1 N–H and O–H groups in total. The third-order valence-electron chi connectivity index (χ3n) is 3.23. The number of methoxy groups -OCH3 is 1. The van der Waals surface area contributed by atoms with Crippen LogP contribution < -0.4 is 5.32 Å². The molecule has 1 aliphatic heterocycles. The van der Waals surface area contributed by atoms with Gasteiger partial charge in [-0.25, -0.2) is 0 Å². The predicted molar refractivity (Wildman–Crippen MR) is 69.1 cm³/mol. The standard InChI is InChI=1S/C13H24N2O3/c1-3-4-5-6-14-13(17)11-9-12(16)15(10-11)7-8-18-2/h11H,3-10H2,1-2H3,(H,14,17). The Hall–Kier alpha value is -1.10. The monoisotopic (exact) mass is 256 g/mol. The Labute approximate surface area is 109 Å². The lowest BCUT2D eigenvalue weighted by Gasteiger charge is -2.15. The quantitative estimate of drug-likeness (QED) is 0.653. The molecule has 104 valence electrons. The maximum absolute atomic E-state index is 11.9. The fraction of sp³-hybridized carbons (Fsp3) is 0.846. The molecule has 0 aromatic carbocycles. The molecule has 0 aromatic rings. The highest BCUT2D eigenvalue weighted by atomic mass is 16.5. The number of hydrogen-bond acceptors (Lipinski definition) is 3. The molecule has 0 radical (unpaired) electrons. The number of nitrogens with one attached hydrogen (secondary N) is 1. The molecule has 18 heavy (non-hydrogen) atoms. The van der Waals surface area contributed by atoms with Crippen molar-refractivity contribution in [1.29, 1.82) is 0 Å². The van der Waals surface area contributed by atoms with Crippen LogP contribution in [0.4, 0.5) is 0 Å². The Balaban J connectivity index is 2.26. The molecule has 2 amide bonds. The molecule has 5 heteroatoms. The van der Waals surface area contributed by atoms with Crippen molar-refractivity contribution in [3.8, 4) is 0 Å². The van der Waals surface area contributed by atoms with Crippen LogP contribution in [0.3, 0.4) is 0 Å². The number of nitrogens with zero attached hydrogens (tertiary/aromatic N) is 1. The lowest BCUT2D eigenvalue weighted by Crippen LogP contribution is -2.34. The van der Waals surface area contributed by atoms with E-state index in [0.717, 1.165) is 25.8 Å². The van der Waals surface area contributed by atoms with Gasteiger partial charge in [0.05, 0.1) is 12.5 Å². The van der Waals surface area contributed by atoms with Crippen molar-refractivity contribution >= 4 is 11.8 Å². The summed E-state index contributed by atoms with van der Waals surface area (Å²) >= 11 is 0. The fourth-order valence-corrected chi connectivity index (χ4v) is 2.10. The number of rotatable bonds is 8. The van der Waals surface area contributed by atoms with E-state index in [-0.39, 0.29) is 17.7 Å². The van der Waals surface area contributed by atoms with E-state index in [2.05, 4.69) is 12.2 Å². The van der Waals surface area contributed by atoms with Gasteiger partial charge in [0.15, 0.2) is 0 Å². The molecule has 0 spiro atoms. The number of carbonyl (C=O) groups is 2. The van der Waals surface area contributed by atoms with Gasteiger partial charge in [-0.3, -0.25) is 9.59 Å². The lowest BCUT2D eigenvalue weighted by atomic mass is 10.1. The highest BCUT2D eigenvalue weighted by Gasteiger charge is 2.33. The second-order valence-electron chi connectivity index (χ2n) is 4.73. The first-order valence-electron chi connectivity index (χ1n) is 6.73. The molecule has 1 fully saturated rings. The van der Waals surface area contributed by atoms with E-state index in [1.54, 1.807) is 12.0 Å². The van der Waals surface area contributed by atoms with Gasteiger partial charge in [-0.15, -0.1) is 0 Å². The van der Waals surface area contributed by atoms with Crippen molar-refractivity contribution in [2.75, 3.05) is 33.4 Å². The minimum absolute atomic E-state index is 0.0133. The summed E-state index contributed by atoms with van der Waals surface area (Å²) in [5.41, 5.74) is 0. The van der Waals surface area contributed by atoms with Crippen molar-refractivity contribution in [2.45, 2.75) is 32.6 Å². The summed E-state index contributed by atoms with van der Waals surface area (Å²) in [5.74, 6) is -0.115. The van der Waals surface area contributed by atoms with E-state index in [9.17, 15) is 9.59 Å². The zero-order chi connectivity index (χ0) is 13.4. The first-order valence-corrected chi connectivity index (χ1v) is 6.73. The lowest BCUT2D eigenvalue weighted by molar-refractivity contribution is -0.129. The van der Waals surface area contributed by atoms with Crippen LogP contribution in [0.2, 0.25) is 0 Å². The van der Waals surface area contributed by atoms with Crippen LogP contribution in [0.25, 0.3) is 0 Å². The van der Waals surface area contributed by atoms with Gasteiger partial charge in [0.1, 0.15) is 0 Å². The van der Waals surface area contributed by atoms with Gasteiger partial charge in [0, 0.05) is 33.2 Å². The Morgan fingerprint density at radius 3 is 2.94 bits per heavy atom. The van der Waals surface area contributed by atoms with E-state index in [1.165, 1.54) is 0 Å². The summed E-state index contributed by atoms with van der Waals surface area (Å²) < 4.78 is 4.95. The molecule has 0 aliphatic carbocycles. The SMILES string of the molecule is CCCCCNC(=O)C1CC(=O)N(CCOC)C1. The molecular formula is C13H24N2O3. The molecule has 0 aromatic heterocycles. The van der Waals surface area contributed by atoms with E-state index < -0.39 is 0 Å². The second-order valence-corrected chi connectivity index (χ2v) is 4.73. The molecule has 1 aliphatic rings. The van der Waals surface area contributed by atoms with Crippen molar-refractivity contribution in [2.24, 2.45) is 5.92 Å². The molecular weight excluding hydrogens is 232 g/mol. The number of likely N-dealkylation sites (tertiary alicyclic amines) is 1. The maximum atomic E-state index is 11.9. The van der Waals surface area contributed by atoms with Gasteiger partial charge in [0.25, 0.3) is 0 Å². The van der Waals surface area contributed by atoms with Crippen LogP contribution in [0.15, 0.2) is 0 Å². The predicted octanol–water partition coefficient (Wildman–Crippen LogP) is 0.788. The Bertz CT molecular complexity index is 281. The van der Waals surface area contributed by atoms with Crippen LogP contribution >= 0.6 is 0 Å².